The number of aromatic nitrogens is 2. The highest BCUT2D eigenvalue weighted by molar-refractivity contribution is 5.93. The summed E-state index contributed by atoms with van der Waals surface area (Å²) in [4.78, 5) is 6.86. The molecule has 0 unspecified atom stereocenters. The van der Waals surface area contributed by atoms with Gasteiger partial charge in [-0.3, -0.25) is 0 Å². The first-order valence-corrected chi connectivity index (χ1v) is 8.94. The van der Waals surface area contributed by atoms with Crippen LogP contribution in [0.15, 0.2) is 36.5 Å². The summed E-state index contributed by atoms with van der Waals surface area (Å²) in [6.07, 6.45) is 4.56. The molecule has 0 spiro atoms. The summed E-state index contributed by atoms with van der Waals surface area (Å²) in [6.45, 7) is 6.20. The largest absolute Gasteiger partial charge is 0.354 e. The highest BCUT2D eigenvalue weighted by Gasteiger charge is 2.25. The zero-order chi connectivity index (χ0) is 17.6. The first-order valence-electron chi connectivity index (χ1n) is 8.94. The van der Waals surface area contributed by atoms with Crippen molar-refractivity contribution in [3.63, 3.8) is 0 Å². The molecule has 0 amide bonds. The van der Waals surface area contributed by atoms with Gasteiger partial charge in [-0.15, -0.1) is 0 Å². The number of pyridine rings is 1. The standard InChI is InChI=1S/C21H24FN3/c1-14-15(2)25(13-17-4-5-17)20-19(14)10-11-23-21(20)24(3)12-16-6-8-18(22)9-7-16/h6-11,17H,4-5,12-13H2,1-3H3. The monoisotopic (exact) mass is 337 g/mol. The lowest BCUT2D eigenvalue weighted by Gasteiger charge is -2.21. The Kier molecular flexibility index (Phi) is 3.98. The Morgan fingerprint density at radius 2 is 1.88 bits per heavy atom. The lowest BCUT2D eigenvalue weighted by molar-refractivity contribution is 0.626. The van der Waals surface area contributed by atoms with E-state index < -0.39 is 0 Å². The van der Waals surface area contributed by atoms with Crippen LogP contribution in [0.5, 0.6) is 0 Å². The molecule has 1 fully saturated rings. The second-order valence-electron chi connectivity index (χ2n) is 7.28. The number of rotatable bonds is 5. The zero-order valence-electron chi connectivity index (χ0n) is 15.1. The third-order valence-electron chi connectivity index (χ3n) is 5.36. The van der Waals surface area contributed by atoms with Gasteiger partial charge in [-0.25, -0.2) is 9.37 Å². The summed E-state index contributed by atoms with van der Waals surface area (Å²) in [5.41, 5.74) is 4.99. The first-order chi connectivity index (χ1) is 12.0. The van der Waals surface area contributed by atoms with Crippen molar-refractivity contribution in [2.24, 2.45) is 5.92 Å². The molecule has 1 aromatic carbocycles. The van der Waals surface area contributed by atoms with E-state index in [1.807, 2.05) is 18.3 Å². The minimum absolute atomic E-state index is 0.198. The van der Waals surface area contributed by atoms with Crippen LogP contribution in [-0.4, -0.2) is 16.6 Å². The highest BCUT2D eigenvalue weighted by atomic mass is 19.1. The smallest absolute Gasteiger partial charge is 0.153 e. The minimum Gasteiger partial charge on any atom is -0.354 e. The van der Waals surface area contributed by atoms with E-state index in [0.29, 0.717) is 6.54 Å². The molecule has 2 heterocycles. The molecule has 0 N–H and O–H groups in total. The molecule has 1 saturated carbocycles. The molecule has 0 atom stereocenters. The van der Waals surface area contributed by atoms with Crippen molar-refractivity contribution in [2.75, 3.05) is 11.9 Å². The molecule has 0 bridgehead atoms. The number of aryl methyl sites for hydroxylation is 1. The van der Waals surface area contributed by atoms with Gasteiger partial charge in [0, 0.05) is 37.4 Å². The van der Waals surface area contributed by atoms with Gasteiger partial charge in [0.05, 0.1) is 5.52 Å². The van der Waals surface area contributed by atoms with Gasteiger partial charge in [0.15, 0.2) is 5.82 Å². The first kappa shape index (κ1) is 16.1. The molecular formula is C21H24FN3. The zero-order valence-corrected chi connectivity index (χ0v) is 15.1. The van der Waals surface area contributed by atoms with Crippen LogP contribution in [0.4, 0.5) is 10.2 Å². The fourth-order valence-electron chi connectivity index (χ4n) is 3.58. The summed E-state index contributed by atoms with van der Waals surface area (Å²) in [5.74, 6) is 1.61. The van der Waals surface area contributed by atoms with Gasteiger partial charge in [-0.1, -0.05) is 12.1 Å². The average molecular weight is 337 g/mol. The Labute approximate surface area is 148 Å². The van der Waals surface area contributed by atoms with Gasteiger partial charge in [-0.2, -0.15) is 0 Å². The van der Waals surface area contributed by atoms with Crippen LogP contribution in [0.1, 0.15) is 29.7 Å². The Morgan fingerprint density at radius 3 is 2.56 bits per heavy atom. The number of hydrogen-bond donors (Lipinski definition) is 0. The lowest BCUT2D eigenvalue weighted by Crippen LogP contribution is -2.19. The predicted molar refractivity (Wildman–Crippen MR) is 100 cm³/mol. The molecule has 0 radical (unpaired) electrons. The Morgan fingerprint density at radius 1 is 1.16 bits per heavy atom. The van der Waals surface area contributed by atoms with E-state index >= 15 is 0 Å². The van der Waals surface area contributed by atoms with Gasteiger partial charge < -0.3 is 9.47 Å². The summed E-state index contributed by atoms with van der Waals surface area (Å²) in [6, 6.07) is 8.83. The van der Waals surface area contributed by atoms with Crippen molar-refractivity contribution in [1.82, 2.24) is 9.55 Å². The number of benzene rings is 1. The molecule has 0 aliphatic heterocycles. The van der Waals surface area contributed by atoms with Gasteiger partial charge in [0.25, 0.3) is 0 Å². The molecule has 4 rings (SSSR count). The second kappa shape index (κ2) is 6.17. The number of nitrogens with zero attached hydrogens (tertiary/aromatic N) is 3. The molecule has 4 heteroatoms. The third-order valence-corrected chi connectivity index (χ3v) is 5.36. The summed E-state index contributed by atoms with van der Waals surface area (Å²) in [7, 11) is 2.06. The Balaban J connectivity index is 1.75. The van der Waals surface area contributed by atoms with Crippen molar-refractivity contribution < 1.29 is 4.39 Å². The van der Waals surface area contributed by atoms with Crippen molar-refractivity contribution in [2.45, 2.75) is 39.8 Å². The molecule has 0 saturated heterocycles. The Hall–Kier alpha value is -2.36. The number of anilines is 1. The van der Waals surface area contributed by atoms with Crippen LogP contribution in [0, 0.1) is 25.6 Å². The molecule has 1 aliphatic carbocycles. The molecule has 2 aromatic heterocycles. The van der Waals surface area contributed by atoms with E-state index in [9.17, 15) is 4.39 Å². The van der Waals surface area contributed by atoms with Crippen molar-refractivity contribution in [3.05, 3.63) is 59.2 Å². The fraction of sp³-hybridized carbons (Fsp3) is 0.381. The van der Waals surface area contributed by atoms with Crippen LogP contribution >= 0.6 is 0 Å². The van der Waals surface area contributed by atoms with Crippen LogP contribution < -0.4 is 4.90 Å². The van der Waals surface area contributed by atoms with Crippen molar-refractivity contribution in [3.8, 4) is 0 Å². The quantitative estimate of drug-likeness (QED) is 0.664. The summed E-state index contributed by atoms with van der Waals surface area (Å²) >= 11 is 0. The summed E-state index contributed by atoms with van der Waals surface area (Å²) < 4.78 is 15.6. The summed E-state index contributed by atoms with van der Waals surface area (Å²) in [5, 5.41) is 1.29. The van der Waals surface area contributed by atoms with E-state index in [1.54, 1.807) is 0 Å². The fourth-order valence-corrected chi connectivity index (χ4v) is 3.58. The van der Waals surface area contributed by atoms with E-state index in [1.165, 1.54) is 47.1 Å². The number of hydrogen-bond acceptors (Lipinski definition) is 2. The lowest BCUT2D eigenvalue weighted by atomic mass is 10.2. The maximum absolute atomic E-state index is 13.2. The van der Waals surface area contributed by atoms with Gasteiger partial charge in [-0.05, 0) is 61.9 Å². The van der Waals surface area contributed by atoms with E-state index in [0.717, 1.165) is 23.8 Å². The average Bonchev–Trinajstić information content (AvgIpc) is 3.40. The van der Waals surface area contributed by atoms with Crippen LogP contribution in [0.25, 0.3) is 10.9 Å². The van der Waals surface area contributed by atoms with Crippen LogP contribution in [-0.2, 0) is 13.1 Å². The van der Waals surface area contributed by atoms with E-state index in [-0.39, 0.29) is 5.82 Å². The van der Waals surface area contributed by atoms with Crippen LogP contribution in [0.2, 0.25) is 0 Å². The van der Waals surface area contributed by atoms with Crippen molar-refractivity contribution >= 4 is 16.7 Å². The Bertz CT molecular complexity index is 907. The van der Waals surface area contributed by atoms with Crippen LogP contribution in [0.3, 0.4) is 0 Å². The topological polar surface area (TPSA) is 21.1 Å². The van der Waals surface area contributed by atoms with E-state index in [2.05, 4.69) is 36.4 Å². The molecule has 130 valence electrons. The number of halogens is 1. The second-order valence-corrected chi connectivity index (χ2v) is 7.28. The highest BCUT2D eigenvalue weighted by Crippen LogP contribution is 2.37. The number of fused-ring (bicyclic) bond motifs is 1. The maximum Gasteiger partial charge on any atom is 0.153 e. The predicted octanol–water partition coefficient (Wildman–Crippen LogP) is 4.84. The molecule has 1 aliphatic rings. The molecule has 25 heavy (non-hydrogen) atoms. The molecular weight excluding hydrogens is 313 g/mol. The molecule has 3 aromatic rings. The normalized spacial score (nSPS) is 14.2. The van der Waals surface area contributed by atoms with Gasteiger partial charge in [0.2, 0.25) is 0 Å². The SMILES string of the molecule is Cc1c(C)n(CC2CC2)c2c(N(C)Cc3ccc(F)cc3)nccc12. The van der Waals surface area contributed by atoms with Crippen molar-refractivity contribution in [1.29, 1.82) is 0 Å². The van der Waals surface area contributed by atoms with Gasteiger partial charge >= 0.3 is 0 Å². The van der Waals surface area contributed by atoms with E-state index in [4.69, 9.17) is 4.98 Å². The minimum atomic E-state index is -0.198. The molecule has 3 nitrogen and oxygen atoms in total. The third kappa shape index (κ3) is 3.01. The van der Waals surface area contributed by atoms with Gasteiger partial charge in [0.1, 0.15) is 5.82 Å². The maximum atomic E-state index is 13.2.